The van der Waals surface area contributed by atoms with E-state index < -0.39 is 0 Å². The molecular formula is C12H12ClNO. The molecule has 78 valence electrons. The fourth-order valence-corrected chi connectivity index (χ4v) is 1.76. The first-order valence-corrected chi connectivity index (χ1v) is 5.49. The van der Waals surface area contributed by atoms with Gasteiger partial charge in [0.2, 0.25) is 0 Å². The summed E-state index contributed by atoms with van der Waals surface area (Å²) >= 11 is 6.06. The summed E-state index contributed by atoms with van der Waals surface area (Å²) in [5.41, 5.74) is 0.934. The molecule has 1 aromatic rings. The summed E-state index contributed by atoms with van der Waals surface area (Å²) in [6, 6.07) is 7.65. The predicted octanol–water partition coefficient (Wildman–Crippen LogP) is 3.34. The van der Waals surface area contributed by atoms with Gasteiger partial charge in [0.05, 0.1) is 23.6 Å². The summed E-state index contributed by atoms with van der Waals surface area (Å²) in [5, 5.41) is 9.15. The van der Waals surface area contributed by atoms with Crippen LogP contribution in [0.25, 0.3) is 0 Å². The zero-order chi connectivity index (χ0) is 10.7. The second-order valence-corrected chi connectivity index (χ2v) is 4.18. The quantitative estimate of drug-likeness (QED) is 0.784. The van der Waals surface area contributed by atoms with E-state index in [4.69, 9.17) is 21.6 Å². The number of nitrogens with zero attached hydrogens (tertiary/aromatic N) is 1. The van der Waals surface area contributed by atoms with Gasteiger partial charge in [-0.05, 0) is 37.0 Å². The number of benzene rings is 1. The lowest BCUT2D eigenvalue weighted by Crippen LogP contribution is -2.24. The van der Waals surface area contributed by atoms with Crippen LogP contribution < -0.4 is 4.74 Å². The standard InChI is InChI=1S/C12H12ClNO/c13-11-8-9(6-7-14)4-5-12(11)15-10-2-1-3-10/h4-5,8,10H,1-3,6H2. The first kappa shape index (κ1) is 10.3. The molecule has 0 radical (unpaired) electrons. The van der Waals surface area contributed by atoms with E-state index in [2.05, 4.69) is 6.07 Å². The Balaban J connectivity index is 2.08. The molecule has 1 aliphatic carbocycles. The van der Waals surface area contributed by atoms with Gasteiger partial charge < -0.3 is 4.74 Å². The number of ether oxygens (including phenoxy) is 1. The summed E-state index contributed by atoms with van der Waals surface area (Å²) in [4.78, 5) is 0. The van der Waals surface area contributed by atoms with E-state index in [1.54, 1.807) is 6.07 Å². The lowest BCUT2D eigenvalue weighted by molar-refractivity contribution is 0.120. The van der Waals surface area contributed by atoms with Gasteiger partial charge in [0.15, 0.2) is 0 Å². The minimum absolute atomic E-state index is 0.337. The molecule has 3 heteroatoms. The maximum atomic E-state index is 8.55. The number of hydrogen-bond donors (Lipinski definition) is 0. The van der Waals surface area contributed by atoms with Crippen LogP contribution >= 0.6 is 11.6 Å². The Labute approximate surface area is 94.4 Å². The van der Waals surface area contributed by atoms with E-state index >= 15 is 0 Å². The van der Waals surface area contributed by atoms with Crippen LogP contribution in [-0.4, -0.2) is 6.10 Å². The van der Waals surface area contributed by atoms with Crippen LogP contribution in [0.1, 0.15) is 24.8 Å². The molecule has 0 atom stereocenters. The van der Waals surface area contributed by atoms with Crippen molar-refractivity contribution in [3.05, 3.63) is 28.8 Å². The molecule has 0 spiro atoms. The summed E-state index contributed by atoms with van der Waals surface area (Å²) in [6.45, 7) is 0. The Morgan fingerprint density at radius 3 is 2.80 bits per heavy atom. The van der Waals surface area contributed by atoms with E-state index in [1.165, 1.54) is 6.42 Å². The minimum atomic E-state index is 0.337. The van der Waals surface area contributed by atoms with Crippen molar-refractivity contribution >= 4 is 11.6 Å². The van der Waals surface area contributed by atoms with Gasteiger partial charge in [0.1, 0.15) is 5.75 Å². The number of halogens is 1. The molecular weight excluding hydrogens is 210 g/mol. The molecule has 0 amide bonds. The van der Waals surface area contributed by atoms with Gasteiger partial charge in [0, 0.05) is 0 Å². The van der Waals surface area contributed by atoms with Crippen molar-refractivity contribution in [3.8, 4) is 11.8 Å². The van der Waals surface area contributed by atoms with Crippen LogP contribution in [-0.2, 0) is 6.42 Å². The van der Waals surface area contributed by atoms with Gasteiger partial charge in [-0.15, -0.1) is 0 Å². The molecule has 2 rings (SSSR count). The van der Waals surface area contributed by atoms with E-state index in [1.807, 2.05) is 12.1 Å². The number of hydrogen-bond acceptors (Lipinski definition) is 2. The molecule has 1 fully saturated rings. The largest absolute Gasteiger partial charge is 0.489 e. The topological polar surface area (TPSA) is 33.0 Å². The van der Waals surface area contributed by atoms with Gasteiger partial charge in [-0.3, -0.25) is 0 Å². The molecule has 0 aromatic heterocycles. The second kappa shape index (κ2) is 4.55. The van der Waals surface area contributed by atoms with Gasteiger partial charge in [-0.25, -0.2) is 0 Å². The zero-order valence-electron chi connectivity index (χ0n) is 8.37. The smallest absolute Gasteiger partial charge is 0.138 e. The van der Waals surface area contributed by atoms with E-state index in [0.717, 1.165) is 24.2 Å². The molecule has 0 aliphatic heterocycles. The highest BCUT2D eigenvalue weighted by Gasteiger charge is 2.20. The SMILES string of the molecule is N#CCc1ccc(OC2CCC2)c(Cl)c1. The van der Waals surface area contributed by atoms with Crippen LogP contribution in [0.5, 0.6) is 5.75 Å². The fourth-order valence-electron chi connectivity index (χ4n) is 1.51. The maximum Gasteiger partial charge on any atom is 0.138 e. The first-order chi connectivity index (χ1) is 7.29. The third-order valence-electron chi connectivity index (χ3n) is 2.63. The van der Waals surface area contributed by atoms with Crippen LogP contribution in [0.2, 0.25) is 5.02 Å². The van der Waals surface area contributed by atoms with Crippen molar-refractivity contribution in [2.75, 3.05) is 0 Å². The van der Waals surface area contributed by atoms with Crippen LogP contribution in [0.4, 0.5) is 0 Å². The van der Waals surface area contributed by atoms with Crippen LogP contribution in [0.15, 0.2) is 18.2 Å². The Hall–Kier alpha value is -1.20. The van der Waals surface area contributed by atoms with E-state index in [0.29, 0.717) is 17.5 Å². The Bertz CT molecular complexity index is 393. The minimum Gasteiger partial charge on any atom is -0.489 e. The van der Waals surface area contributed by atoms with Crippen molar-refractivity contribution in [1.29, 1.82) is 5.26 Å². The third kappa shape index (κ3) is 2.43. The van der Waals surface area contributed by atoms with Crippen LogP contribution in [0, 0.1) is 11.3 Å². The second-order valence-electron chi connectivity index (χ2n) is 3.77. The van der Waals surface area contributed by atoms with Crippen molar-refractivity contribution in [2.24, 2.45) is 0 Å². The molecule has 1 aromatic carbocycles. The average Bonchev–Trinajstić information content (AvgIpc) is 2.14. The molecule has 15 heavy (non-hydrogen) atoms. The highest BCUT2D eigenvalue weighted by Crippen LogP contribution is 2.31. The summed E-state index contributed by atoms with van der Waals surface area (Å²) < 4.78 is 5.70. The van der Waals surface area contributed by atoms with Crippen molar-refractivity contribution in [2.45, 2.75) is 31.8 Å². The van der Waals surface area contributed by atoms with E-state index in [-0.39, 0.29) is 0 Å². The molecule has 0 heterocycles. The van der Waals surface area contributed by atoms with Crippen molar-refractivity contribution in [3.63, 3.8) is 0 Å². The Kier molecular flexibility index (Phi) is 3.13. The molecule has 0 bridgehead atoms. The molecule has 1 aliphatic rings. The van der Waals surface area contributed by atoms with E-state index in [9.17, 15) is 0 Å². The molecule has 0 saturated heterocycles. The molecule has 2 nitrogen and oxygen atoms in total. The molecule has 1 saturated carbocycles. The van der Waals surface area contributed by atoms with Crippen molar-refractivity contribution < 1.29 is 4.74 Å². The third-order valence-corrected chi connectivity index (χ3v) is 2.92. The van der Waals surface area contributed by atoms with Gasteiger partial charge in [0.25, 0.3) is 0 Å². The van der Waals surface area contributed by atoms with Crippen LogP contribution in [0.3, 0.4) is 0 Å². The van der Waals surface area contributed by atoms with Gasteiger partial charge in [-0.2, -0.15) is 5.26 Å². The predicted molar refractivity (Wildman–Crippen MR) is 59.0 cm³/mol. The van der Waals surface area contributed by atoms with Crippen molar-refractivity contribution in [1.82, 2.24) is 0 Å². The normalized spacial score (nSPS) is 15.5. The lowest BCUT2D eigenvalue weighted by atomic mass is 9.96. The molecule has 0 N–H and O–H groups in total. The lowest BCUT2D eigenvalue weighted by Gasteiger charge is -2.26. The first-order valence-electron chi connectivity index (χ1n) is 5.11. The summed E-state index contributed by atoms with van der Waals surface area (Å²) in [5.74, 6) is 0.739. The average molecular weight is 222 g/mol. The number of nitriles is 1. The maximum absolute atomic E-state index is 8.55. The Morgan fingerprint density at radius 2 is 2.27 bits per heavy atom. The number of rotatable bonds is 3. The zero-order valence-corrected chi connectivity index (χ0v) is 9.13. The molecule has 0 unspecified atom stereocenters. The monoisotopic (exact) mass is 221 g/mol. The Morgan fingerprint density at radius 1 is 1.47 bits per heavy atom. The fraction of sp³-hybridized carbons (Fsp3) is 0.417. The van der Waals surface area contributed by atoms with Gasteiger partial charge >= 0.3 is 0 Å². The summed E-state index contributed by atoms with van der Waals surface area (Å²) in [7, 11) is 0. The summed E-state index contributed by atoms with van der Waals surface area (Å²) in [6.07, 6.45) is 4.22. The van der Waals surface area contributed by atoms with Gasteiger partial charge in [-0.1, -0.05) is 17.7 Å². The highest BCUT2D eigenvalue weighted by atomic mass is 35.5. The highest BCUT2D eigenvalue weighted by molar-refractivity contribution is 6.32.